The zero-order valence-corrected chi connectivity index (χ0v) is 21.2. The first-order valence-corrected chi connectivity index (χ1v) is 12.2. The lowest BCUT2D eigenvalue weighted by Crippen LogP contribution is -2.35. The van der Waals surface area contributed by atoms with Crippen LogP contribution in [0.2, 0.25) is 0 Å². The molecule has 5 rings (SSSR count). The number of aromatic nitrogens is 1. The molecule has 2 aliphatic rings. The molecule has 0 bridgehead atoms. The largest absolute Gasteiger partial charge is 0.493 e. The van der Waals surface area contributed by atoms with Crippen molar-refractivity contribution in [3.8, 4) is 17.2 Å². The van der Waals surface area contributed by atoms with Crippen molar-refractivity contribution < 1.29 is 14.3 Å². The number of methoxy groups -OCH3 is 2. The third kappa shape index (κ3) is 4.22. The highest BCUT2D eigenvalue weighted by atomic mass is 32.2. The van der Waals surface area contributed by atoms with Crippen LogP contribution in [0.15, 0.2) is 70.3 Å². The molecule has 8 nitrogen and oxygen atoms in total. The van der Waals surface area contributed by atoms with Gasteiger partial charge in [0.05, 0.1) is 19.8 Å². The lowest BCUT2D eigenvalue weighted by Gasteiger charge is -2.20. The van der Waals surface area contributed by atoms with Gasteiger partial charge in [0.1, 0.15) is 5.04 Å². The molecular weight excluding hydrogens is 474 g/mol. The molecule has 0 spiro atoms. The van der Waals surface area contributed by atoms with E-state index in [9.17, 15) is 4.79 Å². The van der Waals surface area contributed by atoms with Crippen molar-refractivity contribution in [1.82, 2.24) is 9.58 Å². The number of nitrogens with one attached hydrogen (secondary N) is 1. The van der Waals surface area contributed by atoms with Gasteiger partial charge in [-0.2, -0.15) is 15.1 Å². The van der Waals surface area contributed by atoms with E-state index in [1.54, 1.807) is 20.3 Å². The van der Waals surface area contributed by atoms with Crippen LogP contribution in [0, 0.1) is 19.3 Å². The Balaban J connectivity index is 1.42. The van der Waals surface area contributed by atoms with E-state index in [1.807, 2.05) is 68.4 Å². The SMILES string of the molecule is COc1ccc(CC2=NN3C(=N)C(=Cc4cc(C)n(-c5ccccc5)c4C)C(=O)N=C3S2)cc1OC. The van der Waals surface area contributed by atoms with Crippen LogP contribution in [-0.4, -0.2) is 45.7 Å². The van der Waals surface area contributed by atoms with Crippen molar-refractivity contribution in [2.75, 3.05) is 14.2 Å². The predicted octanol–water partition coefficient (Wildman–Crippen LogP) is 4.97. The number of amides is 1. The summed E-state index contributed by atoms with van der Waals surface area (Å²) >= 11 is 1.30. The van der Waals surface area contributed by atoms with Gasteiger partial charge in [-0.25, -0.2) is 0 Å². The fraction of sp³-hybridized carbons (Fsp3) is 0.185. The highest BCUT2D eigenvalue weighted by Gasteiger charge is 2.35. The summed E-state index contributed by atoms with van der Waals surface area (Å²) in [4.78, 5) is 17.2. The first-order valence-electron chi connectivity index (χ1n) is 11.3. The maximum atomic E-state index is 12.9. The Morgan fingerprint density at radius 1 is 1.03 bits per heavy atom. The van der Waals surface area contributed by atoms with Crippen LogP contribution in [0.25, 0.3) is 11.8 Å². The summed E-state index contributed by atoms with van der Waals surface area (Å²) in [7, 11) is 3.19. The Bertz CT molecular complexity index is 1470. The quantitative estimate of drug-likeness (QED) is 0.483. The van der Waals surface area contributed by atoms with E-state index < -0.39 is 5.91 Å². The Morgan fingerprint density at radius 3 is 2.50 bits per heavy atom. The van der Waals surface area contributed by atoms with E-state index in [0.717, 1.165) is 33.2 Å². The van der Waals surface area contributed by atoms with Crippen LogP contribution in [0.1, 0.15) is 22.5 Å². The van der Waals surface area contributed by atoms with Gasteiger partial charge < -0.3 is 14.0 Å². The minimum absolute atomic E-state index is 0.0179. The lowest BCUT2D eigenvalue weighted by atomic mass is 10.1. The zero-order chi connectivity index (χ0) is 25.4. The molecule has 0 radical (unpaired) electrons. The summed E-state index contributed by atoms with van der Waals surface area (Å²) in [6, 6.07) is 17.7. The summed E-state index contributed by atoms with van der Waals surface area (Å²) in [5, 5.41) is 15.9. The molecule has 2 aromatic carbocycles. The minimum Gasteiger partial charge on any atom is -0.493 e. The monoisotopic (exact) mass is 499 g/mol. The number of aryl methyl sites for hydroxylation is 1. The zero-order valence-electron chi connectivity index (χ0n) is 20.4. The topological polar surface area (TPSA) is 92.3 Å². The van der Waals surface area contributed by atoms with E-state index in [-0.39, 0.29) is 11.4 Å². The Labute approximate surface area is 213 Å². The number of amidine groups is 2. The highest BCUT2D eigenvalue weighted by molar-refractivity contribution is 8.26. The molecule has 0 fully saturated rings. The van der Waals surface area contributed by atoms with Crippen molar-refractivity contribution in [2.24, 2.45) is 10.1 Å². The number of carbonyl (C=O) groups is 1. The maximum Gasteiger partial charge on any atom is 0.283 e. The van der Waals surface area contributed by atoms with E-state index in [0.29, 0.717) is 23.1 Å². The summed E-state index contributed by atoms with van der Waals surface area (Å²) in [6.45, 7) is 4.03. The molecule has 0 saturated carbocycles. The van der Waals surface area contributed by atoms with Crippen molar-refractivity contribution in [2.45, 2.75) is 20.3 Å². The number of aliphatic imine (C=N–C) groups is 1. The minimum atomic E-state index is -0.439. The number of fused-ring (bicyclic) bond motifs is 1. The smallest absolute Gasteiger partial charge is 0.283 e. The average molecular weight is 500 g/mol. The van der Waals surface area contributed by atoms with E-state index in [1.165, 1.54) is 16.8 Å². The number of thioether (sulfide) groups is 1. The molecule has 2 aliphatic heterocycles. The number of nitrogens with zero attached hydrogens (tertiary/aromatic N) is 4. The van der Waals surface area contributed by atoms with Gasteiger partial charge in [0.25, 0.3) is 5.91 Å². The third-order valence-corrected chi connectivity index (χ3v) is 6.99. The highest BCUT2D eigenvalue weighted by Crippen LogP contribution is 2.33. The number of rotatable bonds is 6. The van der Waals surface area contributed by atoms with Crippen LogP contribution in [0.4, 0.5) is 0 Å². The third-order valence-electron chi connectivity index (χ3n) is 6.08. The molecule has 1 N–H and O–H groups in total. The van der Waals surface area contributed by atoms with Gasteiger partial charge in [-0.15, -0.1) is 0 Å². The molecule has 1 aromatic heterocycles. The Hall–Kier alpha value is -4.11. The maximum absolute atomic E-state index is 12.9. The standard InChI is InChI=1S/C27H25N5O3S/c1-16-12-19(17(2)31(16)20-8-6-5-7-9-20)15-21-25(28)32-27(29-26(21)33)36-24(30-32)14-18-10-11-22(34-3)23(13-18)35-4/h5-13,15,28H,14H2,1-4H3. The van der Waals surface area contributed by atoms with Crippen LogP contribution in [0.3, 0.4) is 0 Å². The van der Waals surface area contributed by atoms with Gasteiger partial charge in [-0.1, -0.05) is 24.3 Å². The van der Waals surface area contributed by atoms with Crippen molar-refractivity contribution in [1.29, 1.82) is 5.41 Å². The van der Waals surface area contributed by atoms with Crippen LogP contribution >= 0.6 is 11.8 Å². The summed E-state index contributed by atoms with van der Waals surface area (Å²) in [5.41, 5.74) is 5.11. The van der Waals surface area contributed by atoms with E-state index in [4.69, 9.17) is 14.9 Å². The van der Waals surface area contributed by atoms with Crippen molar-refractivity contribution in [3.05, 3.63) is 82.7 Å². The summed E-state index contributed by atoms with van der Waals surface area (Å²) in [5.74, 6) is 0.864. The Morgan fingerprint density at radius 2 is 1.78 bits per heavy atom. The van der Waals surface area contributed by atoms with Crippen molar-refractivity contribution in [3.63, 3.8) is 0 Å². The van der Waals surface area contributed by atoms with Crippen LogP contribution in [-0.2, 0) is 11.2 Å². The molecule has 182 valence electrons. The number of ether oxygens (including phenoxy) is 2. The number of hydrazone groups is 1. The first-order chi connectivity index (χ1) is 17.4. The van der Waals surface area contributed by atoms with E-state index >= 15 is 0 Å². The van der Waals surface area contributed by atoms with Crippen molar-refractivity contribution >= 4 is 39.8 Å². The second kappa shape index (κ2) is 9.50. The molecule has 3 aromatic rings. The molecular formula is C27H25N5O3S. The predicted molar refractivity (Wildman–Crippen MR) is 144 cm³/mol. The lowest BCUT2D eigenvalue weighted by molar-refractivity contribution is -0.114. The number of hydrogen-bond acceptors (Lipinski definition) is 6. The number of para-hydroxylation sites is 1. The number of hydrogen-bond donors (Lipinski definition) is 1. The molecule has 0 unspecified atom stereocenters. The van der Waals surface area contributed by atoms with Gasteiger partial charge in [0.2, 0.25) is 5.17 Å². The Kier molecular flexibility index (Phi) is 6.24. The van der Waals surface area contributed by atoms with Gasteiger partial charge in [0.15, 0.2) is 17.3 Å². The summed E-state index contributed by atoms with van der Waals surface area (Å²) in [6.07, 6.45) is 2.25. The second-order valence-electron chi connectivity index (χ2n) is 8.38. The molecule has 1 amide bonds. The fourth-order valence-corrected chi connectivity index (χ4v) is 5.25. The molecule has 9 heteroatoms. The van der Waals surface area contributed by atoms with Gasteiger partial charge in [-0.05, 0) is 73.1 Å². The molecule has 0 atom stereocenters. The molecule has 0 saturated heterocycles. The van der Waals surface area contributed by atoms with Crippen LogP contribution < -0.4 is 9.47 Å². The number of benzene rings is 2. The van der Waals surface area contributed by atoms with Gasteiger partial charge in [-0.3, -0.25) is 10.2 Å². The first kappa shape index (κ1) is 23.6. The molecule has 0 aliphatic carbocycles. The second-order valence-corrected chi connectivity index (χ2v) is 9.42. The molecule has 36 heavy (non-hydrogen) atoms. The normalized spacial score (nSPS) is 16.2. The fourth-order valence-electron chi connectivity index (χ4n) is 4.33. The summed E-state index contributed by atoms with van der Waals surface area (Å²) < 4.78 is 12.8. The van der Waals surface area contributed by atoms with Crippen LogP contribution in [0.5, 0.6) is 11.5 Å². The molecule has 3 heterocycles. The van der Waals surface area contributed by atoms with Gasteiger partial charge in [0, 0.05) is 23.5 Å². The van der Waals surface area contributed by atoms with Gasteiger partial charge >= 0.3 is 0 Å². The number of carbonyl (C=O) groups excluding carboxylic acids is 1. The van der Waals surface area contributed by atoms with E-state index in [2.05, 4.69) is 14.7 Å². The average Bonchev–Trinajstić information content (AvgIpc) is 3.41.